The highest BCUT2D eigenvalue weighted by Crippen LogP contribution is 2.40. The van der Waals surface area contributed by atoms with Crippen molar-refractivity contribution < 1.29 is 31.4 Å². The standard InChI is InChI=1S/C21H18F3N3O4S/c22-21(23,24)32(29,30)27-18-4-2-1-3-16(18)13-5-6-17-19(10-13)31-12-14(20(17)28)9-15-11-25-7-8-26-15/h1-8,10-11,14,20,27-28H,9,12H2/t14-,20+/m0/s1. The number of sulfonamides is 1. The Morgan fingerprint density at radius 3 is 2.66 bits per heavy atom. The third kappa shape index (κ3) is 4.39. The summed E-state index contributed by atoms with van der Waals surface area (Å²) in [5.74, 6) is 0.120. The second-order valence-corrected chi connectivity index (χ2v) is 8.94. The first kappa shape index (κ1) is 22.0. The van der Waals surface area contributed by atoms with Gasteiger partial charge in [0.25, 0.3) is 0 Å². The molecule has 2 N–H and O–H groups in total. The van der Waals surface area contributed by atoms with Crippen LogP contribution in [0.4, 0.5) is 18.9 Å². The Bertz CT molecular complexity index is 1220. The number of nitrogens with one attached hydrogen (secondary N) is 1. The van der Waals surface area contributed by atoms with Gasteiger partial charge in [-0.25, -0.2) is 0 Å². The Morgan fingerprint density at radius 1 is 1.16 bits per heavy atom. The predicted octanol–water partition coefficient (Wildman–Crippen LogP) is 3.69. The first-order valence-corrected chi connectivity index (χ1v) is 11.0. The van der Waals surface area contributed by atoms with E-state index in [2.05, 4.69) is 9.97 Å². The molecule has 0 saturated heterocycles. The smallest absolute Gasteiger partial charge is 0.493 e. The first-order valence-electron chi connectivity index (χ1n) is 9.54. The molecule has 0 bridgehead atoms. The number of hydrogen-bond acceptors (Lipinski definition) is 6. The molecule has 3 aromatic rings. The van der Waals surface area contributed by atoms with Crippen molar-refractivity contribution in [2.75, 3.05) is 11.3 Å². The maximum absolute atomic E-state index is 12.8. The lowest BCUT2D eigenvalue weighted by Crippen LogP contribution is -2.30. The third-order valence-corrected chi connectivity index (χ3v) is 6.20. The maximum Gasteiger partial charge on any atom is 0.516 e. The molecule has 32 heavy (non-hydrogen) atoms. The number of anilines is 1. The van der Waals surface area contributed by atoms with Crippen LogP contribution in [0.3, 0.4) is 0 Å². The van der Waals surface area contributed by atoms with E-state index < -0.39 is 21.6 Å². The van der Waals surface area contributed by atoms with Crippen LogP contribution >= 0.6 is 0 Å². The summed E-state index contributed by atoms with van der Waals surface area (Å²) in [4.78, 5) is 8.22. The predicted molar refractivity (Wildman–Crippen MR) is 110 cm³/mol. The molecule has 0 radical (unpaired) electrons. The van der Waals surface area contributed by atoms with Gasteiger partial charge in [0.1, 0.15) is 5.75 Å². The van der Waals surface area contributed by atoms with Gasteiger partial charge in [-0.15, -0.1) is 0 Å². The number of halogens is 3. The van der Waals surface area contributed by atoms with Crippen LogP contribution in [0.1, 0.15) is 17.4 Å². The third-order valence-electron chi connectivity index (χ3n) is 5.11. The topological polar surface area (TPSA) is 101 Å². The highest BCUT2D eigenvalue weighted by Gasteiger charge is 2.46. The Balaban J connectivity index is 1.61. The Morgan fingerprint density at radius 2 is 1.94 bits per heavy atom. The van der Waals surface area contributed by atoms with Gasteiger partial charge in [0.2, 0.25) is 0 Å². The van der Waals surface area contributed by atoms with E-state index in [1.807, 2.05) is 0 Å². The molecule has 1 aliphatic rings. The molecule has 0 saturated carbocycles. The fraction of sp³-hybridized carbons (Fsp3) is 0.238. The average Bonchev–Trinajstić information content (AvgIpc) is 2.75. The van der Waals surface area contributed by atoms with Crippen molar-refractivity contribution in [3.63, 3.8) is 0 Å². The molecule has 0 aliphatic carbocycles. The maximum atomic E-state index is 12.8. The van der Waals surface area contributed by atoms with Crippen LogP contribution in [0.2, 0.25) is 0 Å². The molecular formula is C21H18F3N3O4S. The lowest BCUT2D eigenvalue weighted by molar-refractivity contribution is -0.0429. The van der Waals surface area contributed by atoms with E-state index in [9.17, 15) is 26.7 Å². The number of benzene rings is 2. The quantitative estimate of drug-likeness (QED) is 0.596. The number of aliphatic hydroxyl groups is 1. The van der Waals surface area contributed by atoms with E-state index in [1.54, 1.807) is 47.6 Å². The highest BCUT2D eigenvalue weighted by molar-refractivity contribution is 7.93. The van der Waals surface area contributed by atoms with E-state index >= 15 is 0 Å². The molecule has 168 valence electrons. The average molecular weight is 465 g/mol. The number of nitrogens with zero attached hydrogens (tertiary/aromatic N) is 2. The summed E-state index contributed by atoms with van der Waals surface area (Å²) in [5.41, 5.74) is -3.75. The molecule has 0 unspecified atom stereocenters. The first-order chi connectivity index (χ1) is 15.2. The number of fused-ring (bicyclic) bond motifs is 1. The van der Waals surface area contributed by atoms with Crippen molar-refractivity contribution in [1.82, 2.24) is 9.97 Å². The van der Waals surface area contributed by atoms with E-state index in [0.29, 0.717) is 29.0 Å². The number of aromatic nitrogens is 2. The zero-order valence-corrected chi connectivity index (χ0v) is 17.3. The summed E-state index contributed by atoms with van der Waals surface area (Å²) in [6, 6.07) is 10.5. The van der Waals surface area contributed by atoms with Crippen molar-refractivity contribution in [3.05, 3.63) is 72.3 Å². The van der Waals surface area contributed by atoms with Crippen molar-refractivity contribution in [3.8, 4) is 16.9 Å². The van der Waals surface area contributed by atoms with Crippen molar-refractivity contribution in [1.29, 1.82) is 0 Å². The normalized spacial score (nSPS) is 18.5. The summed E-state index contributed by atoms with van der Waals surface area (Å²) in [5, 5.41) is 10.8. The molecular weight excluding hydrogens is 447 g/mol. The van der Waals surface area contributed by atoms with Crippen LogP contribution < -0.4 is 9.46 Å². The summed E-state index contributed by atoms with van der Waals surface area (Å²) in [6.45, 7) is 0.205. The van der Waals surface area contributed by atoms with Gasteiger partial charge in [-0.05, 0) is 17.7 Å². The van der Waals surface area contributed by atoms with Crippen molar-refractivity contribution in [2.24, 2.45) is 5.92 Å². The lowest BCUT2D eigenvalue weighted by Gasteiger charge is -2.30. The number of hydrogen-bond donors (Lipinski definition) is 2. The monoisotopic (exact) mass is 465 g/mol. The SMILES string of the molecule is O=S(=O)(Nc1ccccc1-c1ccc2c(c1)OC[C@H](Cc1cnccn1)[C@H]2O)C(F)(F)F. The van der Waals surface area contributed by atoms with Crippen molar-refractivity contribution >= 4 is 15.7 Å². The second-order valence-electron chi connectivity index (χ2n) is 7.27. The number of ether oxygens (including phenoxy) is 1. The molecule has 0 spiro atoms. The summed E-state index contributed by atoms with van der Waals surface area (Å²) >= 11 is 0. The molecule has 7 nitrogen and oxygen atoms in total. The summed E-state index contributed by atoms with van der Waals surface area (Å²) < 4.78 is 69.0. The fourth-order valence-electron chi connectivity index (χ4n) is 3.51. The number of aliphatic hydroxyl groups excluding tert-OH is 1. The number of rotatable bonds is 5. The van der Waals surface area contributed by atoms with E-state index in [0.717, 1.165) is 0 Å². The van der Waals surface area contributed by atoms with Gasteiger partial charge in [0.15, 0.2) is 0 Å². The summed E-state index contributed by atoms with van der Waals surface area (Å²) in [6.07, 6.45) is 4.35. The van der Waals surface area contributed by atoms with Gasteiger partial charge in [-0.2, -0.15) is 21.6 Å². The Hall–Kier alpha value is -3.18. The molecule has 2 aromatic carbocycles. The zero-order valence-electron chi connectivity index (χ0n) is 16.5. The van der Waals surface area contributed by atoms with Crippen molar-refractivity contribution in [2.45, 2.75) is 18.0 Å². The van der Waals surface area contributed by atoms with Gasteiger partial charge in [0, 0.05) is 42.1 Å². The van der Waals surface area contributed by atoms with E-state index in [-0.39, 0.29) is 23.8 Å². The number of para-hydroxylation sites is 1. The van der Waals surface area contributed by atoms with Gasteiger partial charge in [-0.1, -0.05) is 30.3 Å². The van der Waals surface area contributed by atoms with Crippen LogP contribution in [-0.4, -0.2) is 35.6 Å². The van der Waals surface area contributed by atoms with Gasteiger partial charge in [-0.3, -0.25) is 14.7 Å². The van der Waals surface area contributed by atoms with Crippen LogP contribution in [0.15, 0.2) is 61.1 Å². The summed E-state index contributed by atoms with van der Waals surface area (Å²) in [7, 11) is -5.58. The van der Waals surface area contributed by atoms with Crippen LogP contribution in [-0.2, 0) is 16.4 Å². The molecule has 1 aliphatic heterocycles. The molecule has 11 heteroatoms. The molecule has 4 rings (SSSR count). The Kier molecular flexibility index (Phi) is 5.78. The molecule has 0 amide bonds. The highest BCUT2D eigenvalue weighted by atomic mass is 32.2. The molecule has 2 atom stereocenters. The van der Waals surface area contributed by atoms with Crippen LogP contribution in [0, 0.1) is 5.92 Å². The van der Waals surface area contributed by atoms with Crippen LogP contribution in [0.5, 0.6) is 5.75 Å². The fourth-order valence-corrected chi connectivity index (χ4v) is 4.10. The van der Waals surface area contributed by atoms with Gasteiger partial charge >= 0.3 is 15.5 Å². The van der Waals surface area contributed by atoms with Gasteiger partial charge in [0.05, 0.1) is 24.1 Å². The van der Waals surface area contributed by atoms with E-state index in [1.165, 1.54) is 18.2 Å². The minimum Gasteiger partial charge on any atom is -0.493 e. The zero-order chi connectivity index (χ0) is 22.9. The second kappa shape index (κ2) is 8.40. The van der Waals surface area contributed by atoms with Crippen LogP contribution in [0.25, 0.3) is 11.1 Å². The largest absolute Gasteiger partial charge is 0.516 e. The Labute approximate surface area is 182 Å². The lowest BCUT2D eigenvalue weighted by atomic mass is 9.88. The minimum absolute atomic E-state index is 0.205. The van der Waals surface area contributed by atoms with Gasteiger partial charge < -0.3 is 9.84 Å². The molecule has 1 aromatic heterocycles. The molecule has 0 fully saturated rings. The number of alkyl halides is 3. The van der Waals surface area contributed by atoms with E-state index in [4.69, 9.17) is 4.74 Å². The minimum atomic E-state index is -5.58. The molecule has 2 heterocycles.